The minimum absolute atomic E-state index is 0.226. The van der Waals surface area contributed by atoms with E-state index in [9.17, 15) is 36.2 Å². The number of hydrogen-bond donors (Lipinski definition) is 2. The van der Waals surface area contributed by atoms with Crippen molar-refractivity contribution in [3.05, 3.63) is 40.6 Å². The number of pyridine rings is 1. The summed E-state index contributed by atoms with van der Waals surface area (Å²) in [6.07, 6.45) is -2.46. The molecule has 4 fully saturated rings. The summed E-state index contributed by atoms with van der Waals surface area (Å²) in [5.74, 6) is -3.90. The van der Waals surface area contributed by atoms with Crippen LogP contribution in [0.3, 0.4) is 0 Å². The van der Waals surface area contributed by atoms with E-state index in [1.165, 1.54) is 6.92 Å². The van der Waals surface area contributed by atoms with Gasteiger partial charge in [0.2, 0.25) is 5.92 Å². The van der Waals surface area contributed by atoms with E-state index in [1.54, 1.807) is 0 Å². The predicted octanol–water partition coefficient (Wildman–Crippen LogP) is 4.20. The highest BCUT2D eigenvalue weighted by atomic mass is 32.2. The summed E-state index contributed by atoms with van der Waals surface area (Å²) in [6, 6.07) is 2.08. The molecule has 4 saturated carbocycles. The maximum atomic E-state index is 14.4. The van der Waals surface area contributed by atoms with E-state index in [0.717, 1.165) is 29.3 Å². The van der Waals surface area contributed by atoms with Gasteiger partial charge in [0.15, 0.2) is 5.03 Å². The van der Waals surface area contributed by atoms with Crippen LogP contribution < -0.4 is 5.36 Å². The smallest absolute Gasteiger partial charge is 0.420 e. The molecule has 0 saturated heterocycles. The number of alkyl halides is 5. The molecule has 0 spiro atoms. The molecule has 2 bridgehead atoms. The highest BCUT2D eigenvalue weighted by Crippen LogP contribution is 2.66. The van der Waals surface area contributed by atoms with Crippen LogP contribution in [0.25, 0.3) is 0 Å². The number of nitrogens with zero attached hydrogens (tertiary/aromatic N) is 4. The molecule has 2 N–H and O–H groups in total. The van der Waals surface area contributed by atoms with Gasteiger partial charge in [-0.3, -0.25) is 9.48 Å². The van der Waals surface area contributed by atoms with Crippen molar-refractivity contribution in [3.8, 4) is 0 Å². The summed E-state index contributed by atoms with van der Waals surface area (Å²) in [7, 11) is -3.46. The molecule has 8 nitrogen and oxygen atoms in total. The summed E-state index contributed by atoms with van der Waals surface area (Å²) >= 11 is 0. The van der Waals surface area contributed by atoms with Crippen LogP contribution in [0.1, 0.15) is 60.8 Å². The maximum absolute atomic E-state index is 14.4. The molecule has 2 aromatic rings. The van der Waals surface area contributed by atoms with Gasteiger partial charge >= 0.3 is 6.18 Å². The molecular weight excluding hydrogens is 509 g/mol. The first-order chi connectivity index (χ1) is 16.4. The number of carbonyl (C=O) groups excluding carboxylic acids is 1. The Balaban J connectivity index is 1.65. The summed E-state index contributed by atoms with van der Waals surface area (Å²) in [5, 5.41) is 13.4. The van der Waals surface area contributed by atoms with Gasteiger partial charge in [0, 0.05) is 43.3 Å². The van der Waals surface area contributed by atoms with Gasteiger partial charge in [-0.05, 0) is 36.7 Å². The van der Waals surface area contributed by atoms with E-state index >= 15 is 0 Å². The van der Waals surface area contributed by atoms with Gasteiger partial charge in [-0.15, -0.1) is 0 Å². The Morgan fingerprint density at radius 2 is 1.92 bits per heavy atom. The fourth-order valence-electron chi connectivity index (χ4n) is 5.86. The first-order valence-electron chi connectivity index (χ1n) is 11.2. The second kappa shape index (κ2) is 7.39. The Hall–Kier alpha value is -2.77. The highest BCUT2D eigenvalue weighted by Gasteiger charge is 2.62. The topological polar surface area (TPSA) is 113 Å². The average molecular weight is 534 g/mol. The monoisotopic (exact) mass is 533 g/mol. The second-order valence-corrected chi connectivity index (χ2v) is 12.9. The van der Waals surface area contributed by atoms with Gasteiger partial charge in [0.05, 0.1) is 20.8 Å². The quantitative estimate of drug-likeness (QED) is 0.443. The number of nitrogens with one attached hydrogen (secondary N) is 1. The highest BCUT2D eigenvalue weighted by molar-refractivity contribution is 7.91. The van der Waals surface area contributed by atoms with Crippen LogP contribution >= 0.6 is 0 Å². The molecule has 0 radical (unpaired) electrons. The van der Waals surface area contributed by atoms with Crippen LogP contribution in [-0.4, -0.2) is 42.0 Å². The molecule has 0 aromatic carbocycles. The molecule has 4 aliphatic carbocycles. The number of rotatable bonds is 5. The lowest BCUT2D eigenvalue weighted by molar-refractivity contribution is -0.160. The van der Waals surface area contributed by atoms with E-state index in [-0.39, 0.29) is 17.6 Å². The fourth-order valence-corrected chi connectivity index (χ4v) is 6.63. The van der Waals surface area contributed by atoms with Gasteiger partial charge in [0.25, 0.3) is 5.91 Å². The van der Waals surface area contributed by atoms with Crippen LogP contribution in [-0.2, 0) is 27.9 Å². The van der Waals surface area contributed by atoms with E-state index in [0.29, 0.717) is 29.9 Å². The lowest BCUT2D eigenvalue weighted by Crippen LogP contribution is -2.56. The van der Waals surface area contributed by atoms with Gasteiger partial charge in [0.1, 0.15) is 11.3 Å². The predicted molar refractivity (Wildman–Crippen MR) is 115 cm³/mol. The van der Waals surface area contributed by atoms with Crippen molar-refractivity contribution in [2.24, 2.45) is 16.3 Å². The molecule has 36 heavy (non-hydrogen) atoms. The summed E-state index contributed by atoms with van der Waals surface area (Å²) < 4.78 is 91.5. The number of amides is 1. The number of carbonyl (C=O) groups is 1. The number of hydrogen-bond acceptors (Lipinski definition) is 5. The van der Waals surface area contributed by atoms with Crippen LogP contribution in [0.15, 0.2) is 28.3 Å². The second-order valence-electron chi connectivity index (χ2n) is 10.8. The number of aromatic nitrogens is 3. The van der Waals surface area contributed by atoms with Gasteiger partial charge in [-0.1, -0.05) is 6.92 Å². The third-order valence-electron chi connectivity index (χ3n) is 7.39. The Bertz CT molecular complexity index is 1430. The molecule has 4 aliphatic rings. The molecule has 196 valence electrons. The van der Waals surface area contributed by atoms with Crippen molar-refractivity contribution in [2.45, 2.75) is 68.1 Å². The summed E-state index contributed by atoms with van der Waals surface area (Å²) in [6.45, 7) is 1.20. The SMILES string of the molecule is CC1(Cn2nc(C34CC(C3)C4)c(C(F)(F)F)c2C(=O)N=c2ccn(O)c(S(C)(=N)=O)c2)CC(F)(F)C1. The van der Waals surface area contributed by atoms with E-state index in [4.69, 9.17) is 4.78 Å². The average Bonchev–Trinajstić information content (AvgIpc) is 2.96. The zero-order valence-electron chi connectivity index (χ0n) is 19.4. The first kappa shape index (κ1) is 24.9. The molecule has 1 atom stereocenters. The van der Waals surface area contributed by atoms with Crippen molar-refractivity contribution >= 4 is 15.6 Å². The van der Waals surface area contributed by atoms with Crippen molar-refractivity contribution in [3.63, 3.8) is 0 Å². The van der Waals surface area contributed by atoms with Gasteiger partial charge in [-0.2, -0.15) is 23.0 Å². The fraction of sp³-hybridized carbons (Fsp3) is 0.591. The summed E-state index contributed by atoms with van der Waals surface area (Å²) in [4.78, 5) is 17.0. The normalized spacial score (nSPS) is 28.0. The first-order valence-corrected chi connectivity index (χ1v) is 13.2. The lowest BCUT2D eigenvalue weighted by atomic mass is 9.43. The van der Waals surface area contributed by atoms with Crippen molar-refractivity contribution < 1.29 is 36.2 Å². The van der Waals surface area contributed by atoms with E-state index < -0.39 is 67.7 Å². The molecule has 1 amide bonds. The Morgan fingerprint density at radius 3 is 2.39 bits per heavy atom. The molecular formula is C22H24F5N5O3S. The third-order valence-corrected chi connectivity index (χ3v) is 8.50. The Labute approximate surface area is 202 Å². The number of halogens is 5. The summed E-state index contributed by atoms with van der Waals surface area (Å²) in [5.41, 5.74) is -4.09. The Kier molecular flexibility index (Phi) is 5.11. The Morgan fingerprint density at radius 1 is 1.31 bits per heavy atom. The molecule has 14 heteroatoms. The molecule has 0 aliphatic heterocycles. The standard InChI is InChI=1S/C22H24F5N5O3S/c1-19(9-21(23,24)10-19)11-31-16(15(22(25,26)27)17(30-31)20-6-12(7-20)8-20)18(33)29-13-3-4-32(34)14(5-13)36(2,28)35/h3-5,12,28,34H,6-11H2,1-2H3. The molecule has 2 aromatic heterocycles. The molecule has 2 heterocycles. The van der Waals surface area contributed by atoms with Crippen LogP contribution in [0.2, 0.25) is 0 Å². The van der Waals surface area contributed by atoms with Crippen LogP contribution in [0.5, 0.6) is 0 Å². The van der Waals surface area contributed by atoms with Gasteiger partial charge < -0.3 is 5.21 Å². The van der Waals surface area contributed by atoms with Gasteiger partial charge in [-0.25, -0.2) is 22.8 Å². The van der Waals surface area contributed by atoms with E-state index in [1.807, 2.05) is 0 Å². The maximum Gasteiger partial charge on any atom is 0.420 e. The van der Waals surface area contributed by atoms with Crippen molar-refractivity contribution in [1.29, 1.82) is 4.78 Å². The zero-order chi connectivity index (χ0) is 26.5. The minimum atomic E-state index is -4.94. The van der Waals surface area contributed by atoms with Crippen LogP contribution in [0.4, 0.5) is 22.0 Å². The van der Waals surface area contributed by atoms with E-state index in [2.05, 4.69) is 10.1 Å². The molecule has 1 unspecified atom stereocenters. The molecule has 6 rings (SSSR count). The minimum Gasteiger partial charge on any atom is -0.428 e. The van der Waals surface area contributed by atoms with Crippen LogP contribution in [0, 0.1) is 16.1 Å². The van der Waals surface area contributed by atoms with Crippen molar-refractivity contribution in [2.75, 3.05) is 6.26 Å². The lowest BCUT2D eigenvalue weighted by Gasteiger charge is -2.61. The van der Waals surface area contributed by atoms with Crippen molar-refractivity contribution in [1.82, 2.24) is 14.5 Å². The largest absolute Gasteiger partial charge is 0.428 e. The zero-order valence-corrected chi connectivity index (χ0v) is 20.2. The third kappa shape index (κ3) is 4.02.